The van der Waals surface area contributed by atoms with Crippen molar-refractivity contribution in [2.75, 3.05) is 36.4 Å². The number of carbonyl (C=O) groups is 1. The summed E-state index contributed by atoms with van der Waals surface area (Å²) in [5.41, 5.74) is 3.07. The number of aromatic nitrogens is 2. The van der Waals surface area contributed by atoms with Crippen LogP contribution in [0.15, 0.2) is 54.7 Å². The summed E-state index contributed by atoms with van der Waals surface area (Å²) in [5.74, 6) is 0.690. The Bertz CT molecular complexity index is 932. The van der Waals surface area contributed by atoms with Gasteiger partial charge >= 0.3 is 0 Å². The summed E-state index contributed by atoms with van der Waals surface area (Å²) in [7, 11) is 0. The fraction of sp³-hybridized carbons (Fsp3) is 0.200. The highest BCUT2D eigenvalue weighted by Crippen LogP contribution is 2.22. The molecule has 0 bridgehead atoms. The van der Waals surface area contributed by atoms with Crippen LogP contribution in [0.4, 0.5) is 11.5 Å². The van der Waals surface area contributed by atoms with Gasteiger partial charge in [0.25, 0.3) is 5.91 Å². The number of amides is 1. The van der Waals surface area contributed by atoms with Gasteiger partial charge in [-0.05, 0) is 35.9 Å². The zero-order valence-corrected chi connectivity index (χ0v) is 15.5. The summed E-state index contributed by atoms with van der Waals surface area (Å²) in [5, 5.41) is 6.94. The Labute approximate surface area is 162 Å². The van der Waals surface area contributed by atoms with E-state index in [1.807, 2.05) is 36.4 Å². The van der Waals surface area contributed by atoms with Gasteiger partial charge in [0, 0.05) is 54.8 Å². The largest absolute Gasteiger partial charge is 0.354 e. The number of halogens is 1. The van der Waals surface area contributed by atoms with Crippen LogP contribution in [-0.2, 0) is 0 Å². The SMILES string of the molecule is O=C(Nc1ccnc(N2CCNCC2)c1)c1ccc(-c2ccc(Cl)cc2)[nH]1. The lowest BCUT2D eigenvalue weighted by atomic mass is 10.2. The van der Waals surface area contributed by atoms with Gasteiger partial charge in [-0.3, -0.25) is 4.79 Å². The van der Waals surface area contributed by atoms with Gasteiger partial charge in [-0.1, -0.05) is 23.7 Å². The van der Waals surface area contributed by atoms with Crippen molar-refractivity contribution in [3.8, 4) is 11.3 Å². The molecule has 0 atom stereocenters. The van der Waals surface area contributed by atoms with Crippen molar-refractivity contribution in [3.05, 3.63) is 65.4 Å². The Morgan fingerprint density at radius 2 is 1.85 bits per heavy atom. The predicted octanol–water partition coefficient (Wildman–Crippen LogP) is 3.39. The summed E-state index contributed by atoms with van der Waals surface area (Å²) < 4.78 is 0. The van der Waals surface area contributed by atoms with E-state index in [1.54, 1.807) is 18.3 Å². The van der Waals surface area contributed by atoms with Gasteiger partial charge in [-0.25, -0.2) is 4.98 Å². The van der Waals surface area contributed by atoms with Crippen molar-refractivity contribution in [1.82, 2.24) is 15.3 Å². The summed E-state index contributed by atoms with van der Waals surface area (Å²) in [6.07, 6.45) is 1.72. The highest BCUT2D eigenvalue weighted by atomic mass is 35.5. The third-order valence-corrected chi connectivity index (χ3v) is 4.78. The first-order valence-corrected chi connectivity index (χ1v) is 9.25. The van der Waals surface area contributed by atoms with Crippen molar-refractivity contribution in [1.29, 1.82) is 0 Å². The lowest BCUT2D eigenvalue weighted by molar-refractivity contribution is 0.102. The van der Waals surface area contributed by atoms with E-state index in [0.717, 1.165) is 48.9 Å². The molecular weight excluding hydrogens is 362 g/mol. The number of H-pyrrole nitrogens is 1. The Morgan fingerprint density at radius 3 is 2.63 bits per heavy atom. The maximum atomic E-state index is 12.6. The van der Waals surface area contributed by atoms with Gasteiger partial charge in [-0.15, -0.1) is 0 Å². The molecule has 0 saturated carbocycles. The molecule has 1 saturated heterocycles. The zero-order chi connectivity index (χ0) is 18.6. The van der Waals surface area contributed by atoms with E-state index in [4.69, 9.17) is 11.6 Å². The lowest BCUT2D eigenvalue weighted by Gasteiger charge is -2.28. The number of aromatic amines is 1. The topological polar surface area (TPSA) is 73.1 Å². The highest BCUT2D eigenvalue weighted by molar-refractivity contribution is 6.30. The first-order chi connectivity index (χ1) is 13.2. The molecule has 1 fully saturated rings. The van der Waals surface area contributed by atoms with Crippen LogP contribution in [0.5, 0.6) is 0 Å². The molecule has 3 aromatic rings. The predicted molar refractivity (Wildman–Crippen MR) is 109 cm³/mol. The number of hydrogen-bond acceptors (Lipinski definition) is 4. The van der Waals surface area contributed by atoms with Crippen LogP contribution < -0.4 is 15.5 Å². The summed E-state index contributed by atoms with van der Waals surface area (Å²) in [4.78, 5) is 22.4. The maximum Gasteiger partial charge on any atom is 0.272 e. The summed E-state index contributed by atoms with van der Waals surface area (Å²) in [6, 6.07) is 14.8. The molecule has 0 unspecified atom stereocenters. The number of nitrogens with zero attached hydrogens (tertiary/aromatic N) is 2. The molecule has 1 amide bonds. The molecule has 4 rings (SSSR count). The Morgan fingerprint density at radius 1 is 1.07 bits per heavy atom. The number of nitrogens with one attached hydrogen (secondary N) is 3. The zero-order valence-electron chi connectivity index (χ0n) is 14.7. The second kappa shape index (κ2) is 7.82. The fourth-order valence-corrected chi connectivity index (χ4v) is 3.21. The number of anilines is 2. The smallest absolute Gasteiger partial charge is 0.272 e. The molecule has 0 spiro atoms. The van der Waals surface area contributed by atoms with E-state index >= 15 is 0 Å². The number of hydrogen-bond donors (Lipinski definition) is 3. The molecule has 2 aromatic heterocycles. The normalized spacial score (nSPS) is 14.2. The van der Waals surface area contributed by atoms with Crippen LogP contribution >= 0.6 is 11.6 Å². The van der Waals surface area contributed by atoms with Crippen LogP contribution in [0.25, 0.3) is 11.3 Å². The number of rotatable bonds is 4. The quantitative estimate of drug-likeness (QED) is 0.647. The van der Waals surface area contributed by atoms with Crippen molar-refractivity contribution >= 4 is 29.0 Å². The number of piperazine rings is 1. The van der Waals surface area contributed by atoms with Gasteiger partial charge in [0.1, 0.15) is 11.5 Å². The van der Waals surface area contributed by atoms with Gasteiger partial charge in [0.15, 0.2) is 0 Å². The average molecular weight is 382 g/mol. The van der Waals surface area contributed by atoms with Crippen LogP contribution in [0, 0.1) is 0 Å². The number of pyridine rings is 1. The molecule has 6 nitrogen and oxygen atoms in total. The van der Waals surface area contributed by atoms with Crippen molar-refractivity contribution in [2.45, 2.75) is 0 Å². The fourth-order valence-electron chi connectivity index (χ4n) is 3.09. The van der Waals surface area contributed by atoms with E-state index in [2.05, 4.69) is 25.5 Å². The lowest BCUT2D eigenvalue weighted by Crippen LogP contribution is -2.43. The minimum absolute atomic E-state index is 0.187. The van der Waals surface area contributed by atoms with E-state index in [1.165, 1.54) is 0 Å². The maximum absolute atomic E-state index is 12.6. The molecule has 0 radical (unpaired) electrons. The molecule has 0 aliphatic carbocycles. The molecule has 138 valence electrons. The van der Waals surface area contributed by atoms with Gasteiger partial charge in [-0.2, -0.15) is 0 Å². The first-order valence-electron chi connectivity index (χ1n) is 8.87. The molecule has 1 aliphatic heterocycles. The van der Waals surface area contributed by atoms with E-state index in [9.17, 15) is 4.79 Å². The minimum atomic E-state index is -0.187. The average Bonchev–Trinajstić information content (AvgIpc) is 3.20. The third kappa shape index (κ3) is 4.13. The van der Waals surface area contributed by atoms with E-state index in [0.29, 0.717) is 10.7 Å². The van der Waals surface area contributed by atoms with Gasteiger partial charge in [0.05, 0.1) is 0 Å². The minimum Gasteiger partial charge on any atom is -0.354 e. The molecule has 27 heavy (non-hydrogen) atoms. The third-order valence-electron chi connectivity index (χ3n) is 4.53. The molecule has 1 aromatic carbocycles. The van der Waals surface area contributed by atoms with E-state index in [-0.39, 0.29) is 5.91 Å². The van der Waals surface area contributed by atoms with Crippen molar-refractivity contribution < 1.29 is 4.79 Å². The van der Waals surface area contributed by atoms with Crippen LogP contribution in [0.1, 0.15) is 10.5 Å². The Hall–Kier alpha value is -2.83. The van der Waals surface area contributed by atoms with Crippen LogP contribution in [0.2, 0.25) is 5.02 Å². The first kappa shape index (κ1) is 17.6. The van der Waals surface area contributed by atoms with Crippen molar-refractivity contribution in [2.24, 2.45) is 0 Å². The number of benzene rings is 1. The van der Waals surface area contributed by atoms with E-state index < -0.39 is 0 Å². The van der Waals surface area contributed by atoms with Gasteiger partial charge < -0.3 is 20.5 Å². The monoisotopic (exact) mass is 381 g/mol. The molecule has 7 heteroatoms. The van der Waals surface area contributed by atoms with Gasteiger partial charge in [0.2, 0.25) is 0 Å². The Kier molecular flexibility index (Phi) is 5.09. The second-order valence-electron chi connectivity index (χ2n) is 6.39. The molecule has 3 heterocycles. The molecular formula is C20H20ClN5O. The standard InChI is InChI=1S/C20H20ClN5O/c21-15-3-1-14(2-4-15)17-5-6-18(25-17)20(27)24-16-7-8-23-19(13-16)26-11-9-22-10-12-26/h1-8,13,22,25H,9-12H2,(H,23,24,27). The van der Waals surface area contributed by atoms with Crippen LogP contribution in [-0.4, -0.2) is 42.1 Å². The highest BCUT2D eigenvalue weighted by Gasteiger charge is 2.14. The summed E-state index contributed by atoms with van der Waals surface area (Å²) >= 11 is 5.93. The second-order valence-corrected chi connectivity index (χ2v) is 6.82. The number of carbonyl (C=O) groups excluding carboxylic acids is 1. The molecule has 1 aliphatic rings. The molecule has 3 N–H and O–H groups in total. The summed E-state index contributed by atoms with van der Waals surface area (Å²) in [6.45, 7) is 3.69. The Balaban J connectivity index is 1.47. The van der Waals surface area contributed by atoms with Crippen molar-refractivity contribution in [3.63, 3.8) is 0 Å². The van der Waals surface area contributed by atoms with Crippen LogP contribution in [0.3, 0.4) is 0 Å².